The number of piperidine rings is 1. The van der Waals surface area contributed by atoms with E-state index in [0.717, 1.165) is 64.0 Å². The number of fused-ring (bicyclic) bond motifs is 1. The highest BCUT2D eigenvalue weighted by atomic mass is 16.5. The lowest BCUT2D eigenvalue weighted by Gasteiger charge is -2.43. The number of nitrogens with zero attached hydrogens (tertiary/aromatic N) is 3. The van der Waals surface area contributed by atoms with E-state index in [1.165, 1.54) is 11.4 Å². The number of rotatable bonds is 6. The lowest BCUT2D eigenvalue weighted by molar-refractivity contribution is 0.0523. The van der Waals surface area contributed by atoms with Crippen LogP contribution < -0.4 is 0 Å². The largest absolute Gasteiger partial charge is 0.385 e. The van der Waals surface area contributed by atoms with E-state index in [-0.39, 0.29) is 5.91 Å². The summed E-state index contributed by atoms with van der Waals surface area (Å²) in [6.07, 6.45) is 5.96. The molecule has 1 aromatic heterocycles. The van der Waals surface area contributed by atoms with E-state index in [1.54, 1.807) is 7.11 Å². The molecule has 6 heteroatoms. The molecule has 3 heterocycles. The Hall–Kier alpha value is -2.18. The third kappa shape index (κ3) is 3.98. The number of carbonyl (C=O) groups excluding carboxylic acids is 1. The van der Waals surface area contributed by atoms with Gasteiger partial charge in [0.25, 0.3) is 5.91 Å². The number of hydrogen-bond donors (Lipinski definition) is 1. The van der Waals surface area contributed by atoms with Gasteiger partial charge in [-0.2, -0.15) is 0 Å². The highest BCUT2D eigenvalue weighted by Crippen LogP contribution is 2.38. The SMILES string of the molecule is COCCCN1CCc2[nH]cnc2C1C1CCN(C(=O)c2ccccc2)CC1. The summed E-state index contributed by atoms with van der Waals surface area (Å²) < 4.78 is 5.26. The van der Waals surface area contributed by atoms with Crippen LogP contribution in [0, 0.1) is 5.92 Å². The van der Waals surface area contributed by atoms with Gasteiger partial charge in [-0.05, 0) is 37.3 Å². The van der Waals surface area contributed by atoms with Crippen molar-refractivity contribution >= 4 is 5.91 Å². The Morgan fingerprint density at radius 1 is 1.21 bits per heavy atom. The Morgan fingerprint density at radius 2 is 2.00 bits per heavy atom. The number of likely N-dealkylation sites (tertiary alicyclic amines) is 1. The van der Waals surface area contributed by atoms with E-state index >= 15 is 0 Å². The summed E-state index contributed by atoms with van der Waals surface area (Å²) in [5.74, 6) is 0.685. The number of carbonyl (C=O) groups is 1. The van der Waals surface area contributed by atoms with Gasteiger partial charge in [0.05, 0.1) is 18.1 Å². The number of hydrogen-bond acceptors (Lipinski definition) is 4. The van der Waals surface area contributed by atoms with E-state index in [2.05, 4.69) is 14.9 Å². The topological polar surface area (TPSA) is 61.5 Å². The third-order valence-corrected chi connectivity index (χ3v) is 6.16. The zero-order chi connectivity index (χ0) is 19.3. The molecular formula is C22H30N4O2. The predicted octanol–water partition coefficient (Wildman–Crippen LogP) is 2.90. The Kier molecular flexibility index (Phi) is 6.07. The van der Waals surface area contributed by atoms with E-state index in [4.69, 9.17) is 4.74 Å². The second-order valence-corrected chi connectivity index (χ2v) is 7.84. The van der Waals surface area contributed by atoms with Crippen molar-refractivity contribution in [3.8, 4) is 0 Å². The van der Waals surface area contributed by atoms with Crippen LogP contribution >= 0.6 is 0 Å². The van der Waals surface area contributed by atoms with Crippen molar-refractivity contribution in [1.82, 2.24) is 19.8 Å². The van der Waals surface area contributed by atoms with E-state index in [9.17, 15) is 4.79 Å². The molecule has 0 aliphatic carbocycles. The smallest absolute Gasteiger partial charge is 0.253 e. The van der Waals surface area contributed by atoms with Gasteiger partial charge < -0.3 is 14.6 Å². The molecule has 4 rings (SSSR count). The Balaban J connectivity index is 1.43. The number of nitrogens with one attached hydrogen (secondary N) is 1. The van der Waals surface area contributed by atoms with Crippen molar-refractivity contribution in [2.75, 3.05) is 39.9 Å². The van der Waals surface area contributed by atoms with Crippen molar-refractivity contribution in [3.63, 3.8) is 0 Å². The van der Waals surface area contributed by atoms with Gasteiger partial charge in [-0.1, -0.05) is 18.2 Å². The van der Waals surface area contributed by atoms with Crippen molar-refractivity contribution in [3.05, 3.63) is 53.6 Å². The van der Waals surface area contributed by atoms with Crippen LogP contribution in [0.3, 0.4) is 0 Å². The van der Waals surface area contributed by atoms with E-state index < -0.39 is 0 Å². The second kappa shape index (κ2) is 8.88. The van der Waals surface area contributed by atoms with Crippen molar-refractivity contribution in [1.29, 1.82) is 0 Å². The molecule has 0 saturated carbocycles. The van der Waals surface area contributed by atoms with Gasteiger partial charge >= 0.3 is 0 Å². The molecule has 1 atom stereocenters. The molecule has 1 N–H and O–H groups in total. The molecule has 28 heavy (non-hydrogen) atoms. The minimum Gasteiger partial charge on any atom is -0.385 e. The average molecular weight is 383 g/mol. The minimum absolute atomic E-state index is 0.153. The Labute approximate surface area is 166 Å². The summed E-state index contributed by atoms with van der Waals surface area (Å²) >= 11 is 0. The van der Waals surface area contributed by atoms with Crippen LogP contribution in [-0.2, 0) is 11.2 Å². The van der Waals surface area contributed by atoms with Crippen LogP contribution in [0.25, 0.3) is 0 Å². The van der Waals surface area contributed by atoms with Crippen LogP contribution in [0.5, 0.6) is 0 Å². The van der Waals surface area contributed by atoms with Gasteiger partial charge in [-0.15, -0.1) is 0 Å². The molecular weight excluding hydrogens is 352 g/mol. The first-order chi connectivity index (χ1) is 13.8. The number of aromatic nitrogens is 2. The van der Waals surface area contributed by atoms with Crippen LogP contribution in [-0.4, -0.2) is 65.6 Å². The molecule has 1 fully saturated rings. The standard InChI is InChI=1S/C22H30N4O2/c1-28-15-5-11-25-14-10-19-20(24-16-23-19)21(25)17-8-12-26(13-9-17)22(27)18-6-3-2-4-7-18/h2-4,6-7,16-17,21H,5,8-15H2,1H3,(H,23,24). The molecule has 1 unspecified atom stereocenters. The van der Waals surface area contributed by atoms with Gasteiger partial charge in [0.15, 0.2) is 0 Å². The van der Waals surface area contributed by atoms with E-state index in [1.807, 2.05) is 41.6 Å². The predicted molar refractivity (Wildman–Crippen MR) is 108 cm³/mol. The number of methoxy groups -OCH3 is 1. The van der Waals surface area contributed by atoms with E-state index in [0.29, 0.717) is 12.0 Å². The maximum atomic E-state index is 12.8. The number of amides is 1. The number of ether oxygens (including phenoxy) is 1. The monoisotopic (exact) mass is 382 g/mol. The zero-order valence-electron chi connectivity index (χ0n) is 16.6. The minimum atomic E-state index is 0.153. The molecule has 0 radical (unpaired) electrons. The van der Waals surface area contributed by atoms with Gasteiger partial charge in [0.2, 0.25) is 0 Å². The lowest BCUT2D eigenvalue weighted by Crippen LogP contribution is -2.45. The molecule has 6 nitrogen and oxygen atoms in total. The zero-order valence-corrected chi connectivity index (χ0v) is 16.6. The quantitative estimate of drug-likeness (QED) is 0.781. The first-order valence-electron chi connectivity index (χ1n) is 10.4. The van der Waals surface area contributed by atoms with Crippen LogP contribution in [0.15, 0.2) is 36.7 Å². The second-order valence-electron chi connectivity index (χ2n) is 7.84. The number of benzene rings is 1. The fourth-order valence-corrected chi connectivity index (χ4v) is 4.72. The van der Waals surface area contributed by atoms with Crippen LogP contribution in [0.2, 0.25) is 0 Å². The molecule has 1 aromatic carbocycles. The van der Waals surface area contributed by atoms with Crippen LogP contribution in [0.1, 0.15) is 47.1 Å². The van der Waals surface area contributed by atoms with Crippen LogP contribution in [0.4, 0.5) is 0 Å². The highest BCUT2D eigenvalue weighted by Gasteiger charge is 2.37. The van der Waals surface area contributed by atoms with Crippen molar-refractivity contribution in [2.24, 2.45) is 5.92 Å². The summed E-state index contributed by atoms with van der Waals surface area (Å²) in [6, 6.07) is 9.97. The molecule has 150 valence electrons. The van der Waals surface area contributed by atoms with Crippen molar-refractivity contribution < 1.29 is 9.53 Å². The maximum Gasteiger partial charge on any atom is 0.253 e. The summed E-state index contributed by atoms with van der Waals surface area (Å²) in [7, 11) is 1.76. The van der Waals surface area contributed by atoms with Gasteiger partial charge in [-0.3, -0.25) is 9.69 Å². The number of H-pyrrole nitrogens is 1. The molecule has 0 bridgehead atoms. The number of imidazole rings is 1. The fourth-order valence-electron chi connectivity index (χ4n) is 4.72. The lowest BCUT2D eigenvalue weighted by atomic mass is 9.83. The molecule has 0 spiro atoms. The highest BCUT2D eigenvalue weighted by molar-refractivity contribution is 5.94. The fraction of sp³-hybridized carbons (Fsp3) is 0.545. The van der Waals surface area contributed by atoms with Crippen molar-refractivity contribution in [2.45, 2.75) is 31.7 Å². The Bertz CT molecular complexity index is 768. The number of aromatic amines is 1. The Morgan fingerprint density at radius 3 is 2.75 bits per heavy atom. The first-order valence-corrected chi connectivity index (χ1v) is 10.4. The molecule has 1 saturated heterocycles. The normalized spacial score (nSPS) is 20.9. The molecule has 2 aliphatic rings. The third-order valence-electron chi connectivity index (χ3n) is 6.16. The van der Waals surface area contributed by atoms with Gasteiger partial charge in [0, 0.05) is 57.6 Å². The molecule has 2 aliphatic heterocycles. The molecule has 2 aromatic rings. The first kappa shape index (κ1) is 19.2. The van der Waals surface area contributed by atoms with Gasteiger partial charge in [-0.25, -0.2) is 4.98 Å². The summed E-state index contributed by atoms with van der Waals surface area (Å²) in [6.45, 7) is 4.53. The van der Waals surface area contributed by atoms with Gasteiger partial charge in [0.1, 0.15) is 0 Å². The summed E-state index contributed by atoms with van der Waals surface area (Å²) in [4.78, 5) is 25.4. The summed E-state index contributed by atoms with van der Waals surface area (Å²) in [5, 5.41) is 0. The maximum absolute atomic E-state index is 12.8. The summed E-state index contributed by atoms with van der Waals surface area (Å²) in [5.41, 5.74) is 3.29. The average Bonchev–Trinajstić information content (AvgIpc) is 3.23. The molecule has 1 amide bonds.